The van der Waals surface area contributed by atoms with Gasteiger partial charge in [-0.05, 0) is 42.4 Å². The molecule has 0 radical (unpaired) electrons. The molecule has 27 heavy (non-hydrogen) atoms. The number of hydrogen-bond acceptors (Lipinski definition) is 3. The highest BCUT2D eigenvalue weighted by atomic mass is 127. The Morgan fingerprint density at radius 2 is 2.00 bits per heavy atom. The van der Waals surface area contributed by atoms with Crippen LogP contribution in [-0.4, -0.2) is 37.8 Å². The van der Waals surface area contributed by atoms with Crippen molar-refractivity contribution in [2.24, 2.45) is 4.99 Å². The molecule has 1 aliphatic carbocycles. The van der Waals surface area contributed by atoms with E-state index in [0.29, 0.717) is 31.5 Å². The fourth-order valence-electron chi connectivity index (χ4n) is 3.12. The van der Waals surface area contributed by atoms with Crippen molar-refractivity contribution in [3.05, 3.63) is 35.1 Å². The number of halogens is 2. The summed E-state index contributed by atoms with van der Waals surface area (Å²) in [4.78, 5) is 16.1. The van der Waals surface area contributed by atoms with Crippen LogP contribution in [0.25, 0.3) is 0 Å². The van der Waals surface area contributed by atoms with E-state index in [1.54, 1.807) is 30.9 Å². The van der Waals surface area contributed by atoms with Crippen LogP contribution in [0.1, 0.15) is 43.2 Å². The molecule has 0 heterocycles. The summed E-state index contributed by atoms with van der Waals surface area (Å²) < 4.78 is 13.4. The predicted molar refractivity (Wildman–Crippen MR) is 122 cm³/mol. The molecule has 1 aliphatic rings. The number of rotatable bonds is 8. The third-order valence-electron chi connectivity index (χ3n) is 4.50. The second kappa shape index (κ2) is 13.2. The first-order chi connectivity index (χ1) is 12.6. The number of benzene rings is 1. The molecule has 0 spiro atoms. The van der Waals surface area contributed by atoms with E-state index in [4.69, 9.17) is 0 Å². The molecule has 0 aromatic heterocycles. The maximum absolute atomic E-state index is 13.4. The lowest BCUT2D eigenvalue weighted by atomic mass is 10.1. The van der Waals surface area contributed by atoms with Gasteiger partial charge in [-0.25, -0.2) is 4.39 Å². The minimum atomic E-state index is -0.214. The van der Waals surface area contributed by atoms with E-state index in [1.165, 1.54) is 18.9 Å². The van der Waals surface area contributed by atoms with Crippen molar-refractivity contribution < 1.29 is 9.18 Å². The van der Waals surface area contributed by atoms with Crippen LogP contribution in [0.2, 0.25) is 0 Å². The Hall–Kier alpha value is -1.03. The van der Waals surface area contributed by atoms with Crippen LogP contribution in [0.15, 0.2) is 23.2 Å². The summed E-state index contributed by atoms with van der Waals surface area (Å²) >= 11 is 1.66. The maximum atomic E-state index is 13.4. The van der Waals surface area contributed by atoms with Gasteiger partial charge in [0.15, 0.2) is 5.96 Å². The monoisotopic (exact) mass is 508 g/mol. The molecule has 1 saturated carbocycles. The highest BCUT2D eigenvalue weighted by molar-refractivity contribution is 14.0. The average Bonchev–Trinajstić information content (AvgIpc) is 3.12. The lowest BCUT2D eigenvalue weighted by molar-refractivity contribution is -0.121. The van der Waals surface area contributed by atoms with Crippen LogP contribution in [0, 0.1) is 5.82 Å². The quantitative estimate of drug-likeness (QED) is 0.286. The van der Waals surface area contributed by atoms with Crippen molar-refractivity contribution in [3.8, 4) is 0 Å². The number of nitrogens with zero attached hydrogens (tertiary/aromatic N) is 1. The topological polar surface area (TPSA) is 65.5 Å². The third-order valence-corrected chi connectivity index (χ3v) is 5.10. The second-order valence-electron chi connectivity index (χ2n) is 6.50. The van der Waals surface area contributed by atoms with Crippen LogP contribution in [-0.2, 0) is 17.1 Å². The summed E-state index contributed by atoms with van der Waals surface area (Å²) in [5.74, 6) is 1.27. The molecule has 1 amide bonds. The summed E-state index contributed by atoms with van der Waals surface area (Å²) in [6.07, 6.45) is 7.03. The largest absolute Gasteiger partial charge is 0.356 e. The molecule has 0 unspecified atom stereocenters. The van der Waals surface area contributed by atoms with Crippen LogP contribution in [0.3, 0.4) is 0 Å². The van der Waals surface area contributed by atoms with Gasteiger partial charge in [0, 0.05) is 38.4 Å². The summed E-state index contributed by atoms with van der Waals surface area (Å²) in [5.41, 5.74) is 2.03. The molecule has 1 fully saturated rings. The zero-order chi connectivity index (χ0) is 18.8. The van der Waals surface area contributed by atoms with Gasteiger partial charge in [0.25, 0.3) is 0 Å². The highest BCUT2D eigenvalue weighted by Crippen LogP contribution is 2.18. The van der Waals surface area contributed by atoms with E-state index in [9.17, 15) is 9.18 Å². The minimum absolute atomic E-state index is 0. The Morgan fingerprint density at radius 1 is 1.26 bits per heavy atom. The highest BCUT2D eigenvalue weighted by Gasteiger charge is 2.16. The smallest absolute Gasteiger partial charge is 0.221 e. The summed E-state index contributed by atoms with van der Waals surface area (Å²) in [6, 6.07) is 5.21. The van der Waals surface area contributed by atoms with Crippen molar-refractivity contribution in [2.75, 3.05) is 19.8 Å². The Morgan fingerprint density at radius 3 is 2.67 bits per heavy atom. The molecule has 0 atom stereocenters. The summed E-state index contributed by atoms with van der Waals surface area (Å²) in [7, 11) is 1.70. The van der Waals surface area contributed by atoms with E-state index in [0.717, 1.165) is 29.7 Å². The second-order valence-corrected chi connectivity index (χ2v) is 7.36. The van der Waals surface area contributed by atoms with E-state index in [1.807, 2.05) is 6.26 Å². The first kappa shape index (κ1) is 24.0. The Kier molecular flexibility index (Phi) is 11.7. The van der Waals surface area contributed by atoms with Gasteiger partial charge in [-0.2, -0.15) is 11.8 Å². The standard InChI is InChI=1S/C19H29FN4OS.HI/c1-21-19(22-10-9-18(25)24-17-5-3-4-6-17)23-12-14-7-8-16(20)11-15(14)13-26-2;/h7-8,11,17H,3-6,9-10,12-13H2,1-2H3,(H,24,25)(H2,21,22,23);1H. The van der Waals surface area contributed by atoms with Crippen molar-refractivity contribution in [1.82, 2.24) is 16.0 Å². The van der Waals surface area contributed by atoms with E-state index in [2.05, 4.69) is 20.9 Å². The molecule has 1 aromatic carbocycles. The molecule has 1 aromatic rings. The zero-order valence-electron chi connectivity index (χ0n) is 16.0. The first-order valence-corrected chi connectivity index (χ1v) is 10.5. The van der Waals surface area contributed by atoms with Crippen molar-refractivity contribution in [2.45, 2.75) is 50.4 Å². The van der Waals surface area contributed by atoms with E-state index < -0.39 is 0 Å². The van der Waals surface area contributed by atoms with Gasteiger partial charge in [0.2, 0.25) is 5.91 Å². The van der Waals surface area contributed by atoms with E-state index in [-0.39, 0.29) is 35.7 Å². The van der Waals surface area contributed by atoms with Crippen LogP contribution < -0.4 is 16.0 Å². The fourth-order valence-corrected chi connectivity index (χ4v) is 3.70. The number of amides is 1. The van der Waals surface area contributed by atoms with Crippen molar-refractivity contribution in [3.63, 3.8) is 0 Å². The summed E-state index contributed by atoms with van der Waals surface area (Å²) in [5, 5.41) is 9.46. The van der Waals surface area contributed by atoms with Gasteiger partial charge in [0.05, 0.1) is 0 Å². The van der Waals surface area contributed by atoms with Crippen molar-refractivity contribution in [1.29, 1.82) is 0 Å². The minimum Gasteiger partial charge on any atom is -0.356 e. The van der Waals surface area contributed by atoms with Crippen LogP contribution in [0.4, 0.5) is 4.39 Å². The number of carbonyl (C=O) groups is 1. The SMILES string of the molecule is CN=C(NCCC(=O)NC1CCCC1)NCc1ccc(F)cc1CSC.I. The molecule has 152 valence electrons. The van der Waals surface area contributed by atoms with Crippen molar-refractivity contribution >= 4 is 47.6 Å². The Bertz CT molecular complexity index is 624. The molecular formula is C19H30FIN4OS. The van der Waals surface area contributed by atoms with Crippen LogP contribution in [0.5, 0.6) is 0 Å². The molecule has 0 bridgehead atoms. The third kappa shape index (κ3) is 8.68. The van der Waals surface area contributed by atoms with E-state index >= 15 is 0 Å². The number of hydrogen-bond donors (Lipinski definition) is 3. The lowest BCUT2D eigenvalue weighted by Gasteiger charge is -2.15. The normalized spacial score (nSPS) is 14.6. The average molecular weight is 508 g/mol. The molecule has 0 aliphatic heterocycles. The fraction of sp³-hybridized carbons (Fsp3) is 0.579. The first-order valence-electron chi connectivity index (χ1n) is 9.12. The number of guanidine groups is 1. The number of aliphatic imine (C=N–C) groups is 1. The molecule has 8 heteroatoms. The molecular weight excluding hydrogens is 478 g/mol. The van der Waals surface area contributed by atoms with Crippen LogP contribution >= 0.6 is 35.7 Å². The van der Waals surface area contributed by atoms with Gasteiger partial charge in [0.1, 0.15) is 5.82 Å². The van der Waals surface area contributed by atoms with Gasteiger partial charge < -0.3 is 16.0 Å². The zero-order valence-corrected chi connectivity index (χ0v) is 19.2. The van der Waals surface area contributed by atoms with Gasteiger partial charge in [-0.3, -0.25) is 9.79 Å². The number of thioether (sulfide) groups is 1. The Labute approximate surface area is 182 Å². The lowest BCUT2D eigenvalue weighted by Crippen LogP contribution is -2.40. The number of carbonyl (C=O) groups excluding carboxylic acids is 1. The molecule has 3 N–H and O–H groups in total. The predicted octanol–water partition coefficient (Wildman–Crippen LogP) is 3.42. The molecule has 0 saturated heterocycles. The molecule has 5 nitrogen and oxygen atoms in total. The van der Waals surface area contributed by atoms with Gasteiger partial charge in [-0.1, -0.05) is 18.9 Å². The molecule has 2 rings (SSSR count). The summed E-state index contributed by atoms with van der Waals surface area (Å²) in [6.45, 7) is 1.09. The maximum Gasteiger partial charge on any atom is 0.221 e. The van der Waals surface area contributed by atoms with Gasteiger partial charge in [-0.15, -0.1) is 24.0 Å². The van der Waals surface area contributed by atoms with Gasteiger partial charge >= 0.3 is 0 Å². The Balaban J connectivity index is 0.00000364. The number of nitrogens with one attached hydrogen (secondary N) is 3.